The number of nitrogens with zero attached hydrogens (tertiary/aromatic N) is 2. The van der Waals surface area contributed by atoms with Crippen LogP contribution in [0.2, 0.25) is 0 Å². The van der Waals surface area contributed by atoms with Crippen LogP contribution in [0, 0.1) is 22.5 Å². The molecule has 1 heterocycles. The Morgan fingerprint density at radius 3 is 2.55 bits per heavy atom. The van der Waals surface area contributed by atoms with Crippen LogP contribution in [0.3, 0.4) is 0 Å². The number of non-ortho nitro benzene ring substituents is 1. The van der Waals surface area contributed by atoms with Gasteiger partial charge in [0.2, 0.25) is 0 Å². The van der Waals surface area contributed by atoms with E-state index in [1.54, 1.807) is 0 Å². The van der Waals surface area contributed by atoms with E-state index in [4.69, 9.17) is 6.42 Å². The third-order valence-electron chi connectivity index (χ3n) is 2.52. The van der Waals surface area contributed by atoms with E-state index < -0.39 is 16.1 Å². The number of terminal acetylenes is 1. The Kier molecular flexibility index (Phi) is 3.86. The van der Waals surface area contributed by atoms with Gasteiger partial charge in [-0.25, -0.2) is 0 Å². The lowest BCUT2D eigenvalue weighted by molar-refractivity contribution is -0.384. The van der Waals surface area contributed by atoms with Crippen molar-refractivity contribution < 1.29 is 14.5 Å². The molecule has 100 valence electrons. The molecule has 0 atom stereocenters. The topological polar surface area (TPSA) is 80.5 Å². The molecule has 6 nitrogen and oxygen atoms in total. The summed E-state index contributed by atoms with van der Waals surface area (Å²) < 4.78 is 0. The van der Waals surface area contributed by atoms with E-state index in [-0.39, 0.29) is 17.1 Å². The average molecular weight is 288 g/mol. The van der Waals surface area contributed by atoms with Crippen LogP contribution in [0.4, 0.5) is 10.5 Å². The second-order valence-corrected chi connectivity index (χ2v) is 4.81. The molecule has 7 heteroatoms. The summed E-state index contributed by atoms with van der Waals surface area (Å²) in [5, 5.41) is 10.1. The third kappa shape index (κ3) is 2.70. The first kappa shape index (κ1) is 13.8. The van der Waals surface area contributed by atoms with Gasteiger partial charge in [-0.2, -0.15) is 0 Å². The maximum atomic E-state index is 11.9. The smallest absolute Gasteiger partial charge is 0.268 e. The maximum absolute atomic E-state index is 11.9. The fourth-order valence-electron chi connectivity index (χ4n) is 1.57. The summed E-state index contributed by atoms with van der Waals surface area (Å²) in [5.41, 5.74) is 0.560. The van der Waals surface area contributed by atoms with Crippen LogP contribution in [-0.2, 0) is 4.79 Å². The van der Waals surface area contributed by atoms with Crippen molar-refractivity contribution in [2.75, 3.05) is 6.54 Å². The highest BCUT2D eigenvalue weighted by Crippen LogP contribution is 2.32. The number of hydrogen-bond acceptors (Lipinski definition) is 5. The van der Waals surface area contributed by atoms with Gasteiger partial charge in [-0.05, 0) is 35.5 Å². The maximum Gasteiger partial charge on any atom is 0.294 e. The Hall–Kier alpha value is -2.59. The standard InChI is InChI=1S/C13H8N2O4S/c1-2-7-14-12(16)11(20-13(14)17)8-9-3-5-10(6-4-9)15(18)19/h1,3-6,8H,7H2/b11-8+. The van der Waals surface area contributed by atoms with Crippen molar-refractivity contribution in [3.63, 3.8) is 0 Å². The number of nitro benzene ring substituents is 1. The molecule has 0 bridgehead atoms. The third-order valence-corrected chi connectivity index (χ3v) is 3.43. The number of carbonyl (C=O) groups excluding carboxylic acids is 2. The predicted molar refractivity (Wildman–Crippen MR) is 74.6 cm³/mol. The monoisotopic (exact) mass is 288 g/mol. The largest absolute Gasteiger partial charge is 0.294 e. The molecule has 1 aromatic rings. The summed E-state index contributed by atoms with van der Waals surface area (Å²) in [4.78, 5) is 34.7. The number of benzene rings is 1. The van der Waals surface area contributed by atoms with Gasteiger partial charge in [-0.15, -0.1) is 6.42 Å². The molecule has 1 aliphatic heterocycles. The van der Waals surface area contributed by atoms with Gasteiger partial charge in [0.05, 0.1) is 16.4 Å². The highest BCUT2D eigenvalue weighted by Gasteiger charge is 2.34. The van der Waals surface area contributed by atoms with E-state index in [1.165, 1.54) is 30.3 Å². The number of thioether (sulfide) groups is 1. The lowest BCUT2D eigenvalue weighted by Crippen LogP contribution is -2.28. The Bertz CT molecular complexity index is 658. The van der Waals surface area contributed by atoms with E-state index in [9.17, 15) is 19.7 Å². The number of imide groups is 1. The minimum Gasteiger partial charge on any atom is -0.268 e. The molecule has 0 aliphatic carbocycles. The first-order valence-corrected chi connectivity index (χ1v) is 6.28. The average Bonchev–Trinajstić information content (AvgIpc) is 2.67. The second-order valence-electron chi connectivity index (χ2n) is 3.82. The lowest BCUT2D eigenvalue weighted by atomic mass is 10.2. The summed E-state index contributed by atoms with van der Waals surface area (Å²) in [6, 6.07) is 5.68. The fraction of sp³-hybridized carbons (Fsp3) is 0.0769. The fourth-order valence-corrected chi connectivity index (χ4v) is 2.41. The zero-order chi connectivity index (χ0) is 14.7. The SMILES string of the molecule is C#CCN1C(=O)S/C(=C/c2ccc([N+](=O)[O-])cc2)C1=O. The molecule has 1 aliphatic rings. The summed E-state index contributed by atoms with van der Waals surface area (Å²) in [6.45, 7) is -0.0672. The highest BCUT2D eigenvalue weighted by molar-refractivity contribution is 8.18. The summed E-state index contributed by atoms with van der Waals surface area (Å²) in [7, 11) is 0. The van der Waals surface area contributed by atoms with Crippen LogP contribution in [0.15, 0.2) is 29.2 Å². The number of nitro groups is 1. The molecule has 0 unspecified atom stereocenters. The molecule has 2 amide bonds. The quantitative estimate of drug-likeness (QED) is 0.369. The van der Waals surface area contributed by atoms with Gasteiger partial charge in [-0.1, -0.05) is 5.92 Å². The van der Waals surface area contributed by atoms with E-state index >= 15 is 0 Å². The Labute approximate surface area is 118 Å². The molecule has 20 heavy (non-hydrogen) atoms. The zero-order valence-electron chi connectivity index (χ0n) is 10.1. The van der Waals surface area contributed by atoms with E-state index in [0.717, 1.165) is 16.7 Å². The molecular formula is C13H8N2O4S. The highest BCUT2D eigenvalue weighted by atomic mass is 32.2. The van der Waals surface area contributed by atoms with Gasteiger partial charge in [0.25, 0.3) is 16.8 Å². The Morgan fingerprint density at radius 1 is 1.35 bits per heavy atom. The van der Waals surface area contributed by atoms with Crippen molar-refractivity contribution in [3.05, 3.63) is 44.8 Å². The number of amides is 2. The predicted octanol–water partition coefficient (Wildman–Crippen LogP) is 2.26. The number of rotatable bonds is 3. The van der Waals surface area contributed by atoms with Crippen molar-refractivity contribution in [3.8, 4) is 12.3 Å². The van der Waals surface area contributed by atoms with E-state index in [0.29, 0.717) is 5.56 Å². The van der Waals surface area contributed by atoms with E-state index in [1.807, 2.05) is 0 Å². The molecule has 0 saturated carbocycles. The number of carbonyl (C=O) groups is 2. The van der Waals surface area contributed by atoms with Crippen LogP contribution in [-0.4, -0.2) is 27.5 Å². The van der Waals surface area contributed by atoms with Crippen molar-refractivity contribution >= 4 is 34.7 Å². The van der Waals surface area contributed by atoms with Crippen LogP contribution in [0.25, 0.3) is 6.08 Å². The van der Waals surface area contributed by atoms with Gasteiger partial charge in [-0.3, -0.25) is 24.6 Å². The molecule has 0 aromatic heterocycles. The summed E-state index contributed by atoms with van der Waals surface area (Å²) in [6.07, 6.45) is 6.59. The first-order valence-electron chi connectivity index (χ1n) is 5.46. The minimum absolute atomic E-state index is 0.0393. The summed E-state index contributed by atoms with van der Waals surface area (Å²) >= 11 is 0.796. The Balaban J connectivity index is 2.24. The molecule has 2 rings (SSSR count). The van der Waals surface area contributed by atoms with Gasteiger partial charge in [0.1, 0.15) is 0 Å². The number of hydrogen-bond donors (Lipinski definition) is 0. The van der Waals surface area contributed by atoms with Crippen LogP contribution < -0.4 is 0 Å². The van der Waals surface area contributed by atoms with Gasteiger partial charge in [0, 0.05) is 12.1 Å². The Morgan fingerprint density at radius 2 is 2.00 bits per heavy atom. The van der Waals surface area contributed by atoms with Crippen molar-refractivity contribution in [2.24, 2.45) is 0 Å². The molecule has 1 saturated heterocycles. The van der Waals surface area contributed by atoms with Crippen LogP contribution in [0.1, 0.15) is 5.56 Å². The molecule has 0 N–H and O–H groups in total. The van der Waals surface area contributed by atoms with Gasteiger partial charge >= 0.3 is 0 Å². The van der Waals surface area contributed by atoms with Crippen molar-refractivity contribution in [2.45, 2.75) is 0 Å². The molecule has 0 spiro atoms. The molecule has 1 aromatic carbocycles. The summed E-state index contributed by atoms with van der Waals surface area (Å²) in [5.74, 6) is 1.80. The normalized spacial score (nSPS) is 16.6. The van der Waals surface area contributed by atoms with Gasteiger partial charge in [0.15, 0.2) is 0 Å². The first-order chi connectivity index (χ1) is 9.52. The molecule has 0 radical (unpaired) electrons. The minimum atomic E-state index is -0.509. The van der Waals surface area contributed by atoms with Crippen molar-refractivity contribution in [1.82, 2.24) is 4.90 Å². The molecule has 1 fully saturated rings. The van der Waals surface area contributed by atoms with Crippen LogP contribution >= 0.6 is 11.8 Å². The van der Waals surface area contributed by atoms with Crippen LogP contribution in [0.5, 0.6) is 0 Å². The second kappa shape index (κ2) is 5.59. The van der Waals surface area contributed by atoms with E-state index in [2.05, 4.69) is 5.92 Å². The van der Waals surface area contributed by atoms with Gasteiger partial charge < -0.3 is 0 Å². The van der Waals surface area contributed by atoms with Crippen molar-refractivity contribution in [1.29, 1.82) is 0 Å². The molecular weight excluding hydrogens is 280 g/mol. The lowest BCUT2D eigenvalue weighted by Gasteiger charge is -2.06. The zero-order valence-corrected chi connectivity index (χ0v) is 10.9.